The molecule has 6 heteroatoms. The van der Waals surface area contributed by atoms with E-state index in [0.717, 1.165) is 19.4 Å². The van der Waals surface area contributed by atoms with Gasteiger partial charge >= 0.3 is 12.0 Å². The van der Waals surface area contributed by atoms with Crippen molar-refractivity contribution in [2.75, 3.05) is 19.7 Å². The average Bonchev–Trinajstić information content (AvgIpc) is 2.77. The molecule has 0 saturated carbocycles. The summed E-state index contributed by atoms with van der Waals surface area (Å²) in [6.07, 6.45) is 1.81. The molecule has 0 aromatic rings. The zero-order valence-corrected chi connectivity index (χ0v) is 11.9. The molecular formula is C13H24N2O4. The zero-order chi connectivity index (χ0) is 14.4. The molecule has 3 unspecified atom stereocenters. The largest absolute Gasteiger partial charge is 0.480 e. The minimum absolute atomic E-state index is 0.0895. The lowest BCUT2D eigenvalue weighted by Gasteiger charge is -2.28. The molecule has 1 aliphatic heterocycles. The summed E-state index contributed by atoms with van der Waals surface area (Å²) in [5.74, 6) is -0.680. The first kappa shape index (κ1) is 15.8. The Labute approximate surface area is 114 Å². The van der Waals surface area contributed by atoms with Crippen molar-refractivity contribution in [1.82, 2.24) is 10.2 Å². The molecule has 1 fully saturated rings. The Bertz CT molecular complexity index is 322. The van der Waals surface area contributed by atoms with E-state index in [-0.39, 0.29) is 24.7 Å². The molecule has 1 saturated heterocycles. The Morgan fingerprint density at radius 1 is 1.53 bits per heavy atom. The van der Waals surface area contributed by atoms with Gasteiger partial charge in [-0.05, 0) is 26.7 Å². The Morgan fingerprint density at radius 2 is 2.21 bits per heavy atom. The quantitative estimate of drug-likeness (QED) is 0.764. The number of carbonyl (C=O) groups is 2. The normalized spacial score (nSPS) is 23.9. The van der Waals surface area contributed by atoms with Crippen molar-refractivity contribution < 1.29 is 19.4 Å². The highest BCUT2D eigenvalue weighted by atomic mass is 16.5. The molecular weight excluding hydrogens is 248 g/mol. The number of urea groups is 1. The number of hydrogen-bond donors (Lipinski definition) is 2. The summed E-state index contributed by atoms with van der Waals surface area (Å²) in [4.78, 5) is 24.2. The highest BCUT2D eigenvalue weighted by molar-refractivity contribution is 5.80. The van der Waals surface area contributed by atoms with E-state index in [9.17, 15) is 9.59 Å². The van der Waals surface area contributed by atoms with Crippen molar-refractivity contribution in [3.63, 3.8) is 0 Å². The van der Waals surface area contributed by atoms with Crippen molar-refractivity contribution in [2.45, 2.75) is 45.8 Å². The summed E-state index contributed by atoms with van der Waals surface area (Å²) in [7, 11) is 0. The molecule has 0 radical (unpaired) electrons. The second-order valence-electron chi connectivity index (χ2n) is 5.09. The lowest BCUT2D eigenvalue weighted by molar-refractivity contribution is -0.138. The minimum Gasteiger partial charge on any atom is -0.480 e. The van der Waals surface area contributed by atoms with Crippen LogP contribution in [0.5, 0.6) is 0 Å². The lowest BCUT2D eigenvalue weighted by Crippen LogP contribution is -2.48. The van der Waals surface area contributed by atoms with E-state index in [1.807, 2.05) is 20.8 Å². The van der Waals surface area contributed by atoms with Crippen LogP contribution in [0.15, 0.2) is 0 Å². The van der Waals surface area contributed by atoms with Gasteiger partial charge < -0.3 is 20.1 Å². The molecule has 0 aliphatic carbocycles. The third kappa shape index (κ3) is 4.70. The first-order valence-electron chi connectivity index (χ1n) is 6.83. The van der Waals surface area contributed by atoms with Gasteiger partial charge in [0.2, 0.25) is 0 Å². The molecule has 0 aromatic heterocycles. The van der Waals surface area contributed by atoms with E-state index in [4.69, 9.17) is 9.84 Å². The number of amides is 2. The molecule has 0 aromatic carbocycles. The van der Waals surface area contributed by atoms with Gasteiger partial charge in [0.05, 0.1) is 6.10 Å². The fourth-order valence-corrected chi connectivity index (χ4v) is 2.16. The number of carboxylic acid groups (broad SMARTS) is 1. The van der Waals surface area contributed by atoms with Crippen LogP contribution in [0, 0.1) is 5.92 Å². The molecule has 3 atom stereocenters. The van der Waals surface area contributed by atoms with Crippen molar-refractivity contribution in [2.24, 2.45) is 5.92 Å². The van der Waals surface area contributed by atoms with E-state index in [0.29, 0.717) is 12.5 Å². The van der Waals surface area contributed by atoms with Gasteiger partial charge in [-0.3, -0.25) is 4.79 Å². The topological polar surface area (TPSA) is 78.9 Å². The molecule has 6 nitrogen and oxygen atoms in total. The predicted molar refractivity (Wildman–Crippen MR) is 71.0 cm³/mol. The molecule has 1 heterocycles. The monoisotopic (exact) mass is 272 g/mol. The summed E-state index contributed by atoms with van der Waals surface area (Å²) in [5.41, 5.74) is 0. The number of carboxylic acids is 1. The van der Waals surface area contributed by atoms with Gasteiger partial charge in [-0.25, -0.2) is 4.79 Å². The predicted octanol–water partition coefficient (Wildman–Crippen LogP) is 1.31. The Morgan fingerprint density at radius 3 is 2.68 bits per heavy atom. The van der Waals surface area contributed by atoms with Crippen LogP contribution in [-0.4, -0.2) is 53.8 Å². The molecule has 110 valence electrons. The standard InChI is InChI=1S/C13H24N2O4/c1-4-9(2)15(8-12(16)17)13(18)14-7-11-5-6-19-10(11)3/h9-11H,4-8H2,1-3H3,(H,14,18)(H,16,17). The summed E-state index contributed by atoms with van der Waals surface area (Å²) < 4.78 is 5.43. The maximum absolute atomic E-state index is 12.1. The van der Waals surface area contributed by atoms with Crippen LogP contribution in [0.25, 0.3) is 0 Å². The maximum atomic E-state index is 12.1. The molecule has 1 rings (SSSR count). The summed E-state index contributed by atoms with van der Waals surface area (Å²) >= 11 is 0. The maximum Gasteiger partial charge on any atom is 0.323 e. The average molecular weight is 272 g/mol. The van der Waals surface area contributed by atoms with Gasteiger partial charge in [0.15, 0.2) is 0 Å². The molecule has 2 N–H and O–H groups in total. The highest BCUT2D eigenvalue weighted by Gasteiger charge is 2.26. The van der Waals surface area contributed by atoms with Crippen LogP contribution in [-0.2, 0) is 9.53 Å². The van der Waals surface area contributed by atoms with E-state index in [1.54, 1.807) is 0 Å². The number of ether oxygens (including phenoxy) is 1. The number of nitrogens with zero attached hydrogens (tertiary/aromatic N) is 1. The van der Waals surface area contributed by atoms with Gasteiger partial charge in [0, 0.05) is 25.1 Å². The zero-order valence-electron chi connectivity index (χ0n) is 11.9. The van der Waals surface area contributed by atoms with Crippen molar-refractivity contribution in [3.05, 3.63) is 0 Å². The second kappa shape index (κ2) is 7.33. The van der Waals surface area contributed by atoms with E-state index in [2.05, 4.69) is 5.32 Å². The third-order valence-electron chi connectivity index (χ3n) is 3.74. The highest BCUT2D eigenvalue weighted by Crippen LogP contribution is 2.19. The molecule has 0 bridgehead atoms. The van der Waals surface area contributed by atoms with Crippen LogP contribution < -0.4 is 5.32 Å². The van der Waals surface area contributed by atoms with E-state index >= 15 is 0 Å². The van der Waals surface area contributed by atoms with Gasteiger partial charge in [-0.2, -0.15) is 0 Å². The first-order valence-corrected chi connectivity index (χ1v) is 6.83. The Hall–Kier alpha value is -1.30. The van der Waals surface area contributed by atoms with Gasteiger partial charge in [-0.15, -0.1) is 0 Å². The fourth-order valence-electron chi connectivity index (χ4n) is 2.16. The SMILES string of the molecule is CCC(C)N(CC(=O)O)C(=O)NCC1CCOC1C. The van der Waals surface area contributed by atoms with Crippen LogP contribution in [0.1, 0.15) is 33.6 Å². The molecule has 0 spiro atoms. The number of hydrogen-bond acceptors (Lipinski definition) is 3. The minimum atomic E-state index is -0.993. The Kier molecular flexibility index (Phi) is 6.08. The number of rotatable bonds is 6. The van der Waals surface area contributed by atoms with Crippen molar-refractivity contribution >= 4 is 12.0 Å². The van der Waals surface area contributed by atoms with E-state index < -0.39 is 5.97 Å². The summed E-state index contributed by atoms with van der Waals surface area (Å²) in [6, 6.07) is -0.399. The lowest BCUT2D eigenvalue weighted by atomic mass is 10.0. The molecule has 19 heavy (non-hydrogen) atoms. The number of aliphatic carboxylic acids is 1. The smallest absolute Gasteiger partial charge is 0.323 e. The summed E-state index contributed by atoms with van der Waals surface area (Å²) in [6.45, 7) is 6.77. The van der Waals surface area contributed by atoms with E-state index in [1.165, 1.54) is 4.90 Å². The van der Waals surface area contributed by atoms with Crippen LogP contribution >= 0.6 is 0 Å². The van der Waals surface area contributed by atoms with Gasteiger partial charge in [-0.1, -0.05) is 6.92 Å². The van der Waals surface area contributed by atoms with Crippen LogP contribution in [0.4, 0.5) is 4.79 Å². The first-order chi connectivity index (χ1) is 8.95. The number of carbonyl (C=O) groups excluding carboxylic acids is 1. The fraction of sp³-hybridized carbons (Fsp3) is 0.846. The molecule has 1 aliphatic rings. The second-order valence-corrected chi connectivity index (χ2v) is 5.09. The number of nitrogens with one attached hydrogen (secondary N) is 1. The molecule has 2 amide bonds. The van der Waals surface area contributed by atoms with Crippen molar-refractivity contribution in [3.8, 4) is 0 Å². The van der Waals surface area contributed by atoms with Gasteiger partial charge in [0.1, 0.15) is 6.54 Å². The van der Waals surface area contributed by atoms with Crippen LogP contribution in [0.2, 0.25) is 0 Å². The van der Waals surface area contributed by atoms with Crippen molar-refractivity contribution in [1.29, 1.82) is 0 Å². The Balaban J connectivity index is 2.49. The third-order valence-corrected chi connectivity index (χ3v) is 3.74. The summed E-state index contributed by atoms with van der Waals surface area (Å²) in [5, 5.41) is 11.7. The van der Waals surface area contributed by atoms with Crippen LogP contribution in [0.3, 0.4) is 0 Å². The van der Waals surface area contributed by atoms with Gasteiger partial charge in [0.25, 0.3) is 0 Å².